The summed E-state index contributed by atoms with van der Waals surface area (Å²) in [5, 5.41) is 11.0. The van der Waals surface area contributed by atoms with Gasteiger partial charge in [0.2, 0.25) is 5.91 Å². The van der Waals surface area contributed by atoms with Crippen LogP contribution in [0.4, 0.5) is 10.2 Å². The molecule has 1 aliphatic rings. The summed E-state index contributed by atoms with van der Waals surface area (Å²) in [6.45, 7) is 1.76. The van der Waals surface area contributed by atoms with Crippen molar-refractivity contribution in [3.63, 3.8) is 0 Å². The molecule has 1 aromatic carbocycles. The number of para-hydroxylation sites is 1. The maximum absolute atomic E-state index is 13.4. The van der Waals surface area contributed by atoms with E-state index in [2.05, 4.69) is 20.4 Å². The summed E-state index contributed by atoms with van der Waals surface area (Å²) in [4.78, 5) is 14.2. The molecular formula is C18H21FN4O2. The highest BCUT2D eigenvalue weighted by molar-refractivity contribution is 5.76. The Kier molecular flexibility index (Phi) is 5.77. The highest BCUT2D eigenvalue weighted by Gasteiger charge is 2.22. The second-order valence-corrected chi connectivity index (χ2v) is 5.96. The molecule has 1 amide bonds. The van der Waals surface area contributed by atoms with E-state index >= 15 is 0 Å². The summed E-state index contributed by atoms with van der Waals surface area (Å²) in [5.41, 5.74) is 0. The summed E-state index contributed by atoms with van der Waals surface area (Å²) in [6.07, 6.45) is 3.74. The zero-order valence-corrected chi connectivity index (χ0v) is 13.9. The summed E-state index contributed by atoms with van der Waals surface area (Å²) in [7, 11) is 0. The molecule has 1 N–H and O–H groups in total. The van der Waals surface area contributed by atoms with E-state index in [1.54, 1.807) is 24.4 Å². The smallest absolute Gasteiger partial charge is 0.223 e. The molecule has 1 fully saturated rings. The first kappa shape index (κ1) is 17.1. The van der Waals surface area contributed by atoms with Crippen LogP contribution in [-0.2, 0) is 4.79 Å². The fourth-order valence-corrected chi connectivity index (χ4v) is 2.88. The molecule has 25 heavy (non-hydrogen) atoms. The first-order valence-electron chi connectivity index (χ1n) is 8.42. The van der Waals surface area contributed by atoms with Gasteiger partial charge in [0.15, 0.2) is 17.4 Å². The van der Waals surface area contributed by atoms with Crippen molar-refractivity contribution in [1.29, 1.82) is 0 Å². The van der Waals surface area contributed by atoms with E-state index in [1.165, 1.54) is 6.07 Å². The fraction of sp³-hybridized carbons (Fsp3) is 0.389. The summed E-state index contributed by atoms with van der Waals surface area (Å²) < 4.78 is 18.8. The Morgan fingerprint density at radius 3 is 3.00 bits per heavy atom. The number of carbonyl (C=O) groups is 1. The number of hydrogen-bond donors (Lipinski definition) is 1. The number of amides is 1. The topological polar surface area (TPSA) is 67.3 Å². The number of benzene rings is 1. The average Bonchev–Trinajstić information content (AvgIpc) is 2.64. The Morgan fingerprint density at radius 2 is 2.20 bits per heavy atom. The van der Waals surface area contributed by atoms with Crippen LogP contribution in [-0.4, -0.2) is 41.8 Å². The molecular weight excluding hydrogens is 323 g/mol. The van der Waals surface area contributed by atoms with Crippen LogP contribution in [0, 0.1) is 5.82 Å². The third-order valence-corrected chi connectivity index (χ3v) is 4.09. The molecule has 1 atom stereocenters. The predicted molar refractivity (Wildman–Crippen MR) is 91.9 cm³/mol. The van der Waals surface area contributed by atoms with Gasteiger partial charge in [0, 0.05) is 25.3 Å². The van der Waals surface area contributed by atoms with Gasteiger partial charge in [-0.2, -0.15) is 5.10 Å². The van der Waals surface area contributed by atoms with Crippen molar-refractivity contribution in [3.8, 4) is 5.75 Å². The average molecular weight is 344 g/mol. The lowest BCUT2D eigenvalue weighted by Crippen LogP contribution is -2.48. The third-order valence-electron chi connectivity index (χ3n) is 4.09. The van der Waals surface area contributed by atoms with Crippen LogP contribution >= 0.6 is 0 Å². The first-order chi connectivity index (χ1) is 12.2. The lowest BCUT2D eigenvalue weighted by Gasteiger charge is -2.33. The van der Waals surface area contributed by atoms with Crippen molar-refractivity contribution >= 4 is 11.7 Å². The summed E-state index contributed by atoms with van der Waals surface area (Å²) in [5.74, 6) is 0.475. The molecule has 0 bridgehead atoms. The van der Waals surface area contributed by atoms with Gasteiger partial charge in [-0.25, -0.2) is 4.39 Å². The normalized spacial score (nSPS) is 17.2. The molecule has 6 nitrogen and oxygen atoms in total. The van der Waals surface area contributed by atoms with Gasteiger partial charge in [-0.05, 0) is 37.1 Å². The number of ether oxygens (including phenoxy) is 1. The van der Waals surface area contributed by atoms with Gasteiger partial charge in [-0.1, -0.05) is 12.1 Å². The Labute approximate surface area is 146 Å². The van der Waals surface area contributed by atoms with Gasteiger partial charge in [-0.3, -0.25) is 4.79 Å². The zero-order chi connectivity index (χ0) is 17.5. The zero-order valence-electron chi connectivity index (χ0n) is 13.9. The number of hydrogen-bond acceptors (Lipinski definition) is 5. The minimum Gasteiger partial charge on any atom is -0.490 e. The molecule has 0 saturated carbocycles. The highest BCUT2D eigenvalue weighted by atomic mass is 19.1. The molecule has 1 aliphatic heterocycles. The minimum absolute atomic E-state index is 0.0664. The van der Waals surface area contributed by atoms with E-state index in [1.807, 2.05) is 12.1 Å². The van der Waals surface area contributed by atoms with Crippen molar-refractivity contribution in [2.45, 2.75) is 25.3 Å². The van der Waals surface area contributed by atoms with Crippen LogP contribution in [0.1, 0.15) is 19.3 Å². The summed E-state index contributed by atoms with van der Waals surface area (Å²) in [6, 6.07) is 10.0. The van der Waals surface area contributed by atoms with Crippen LogP contribution < -0.4 is 15.0 Å². The van der Waals surface area contributed by atoms with Gasteiger partial charge >= 0.3 is 0 Å². The van der Waals surface area contributed by atoms with E-state index in [0.717, 1.165) is 25.2 Å². The number of nitrogens with one attached hydrogen (secondary N) is 1. The molecule has 2 heterocycles. The van der Waals surface area contributed by atoms with E-state index in [9.17, 15) is 9.18 Å². The van der Waals surface area contributed by atoms with Crippen molar-refractivity contribution in [2.75, 3.05) is 24.6 Å². The van der Waals surface area contributed by atoms with Crippen LogP contribution in [0.15, 0.2) is 42.6 Å². The maximum atomic E-state index is 13.4. The number of piperidine rings is 1. The second-order valence-electron chi connectivity index (χ2n) is 5.96. The lowest BCUT2D eigenvalue weighted by atomic mass is 10.1. The lowest BCUT2D eigenvalue weighted by molar-refractivity contribution is -0.122. The van der Waals surface area contributed by atoms with Crippen LogP contribution in [0.25, 0.3) is 0 Å². The standard InChI is InChI=1S/C18H21FN4O2/c19-15-6-1-2-7-16(15)25-12-9-18(24)21-14-5-4-11-23(13-14)17-8-3-10-20-22-17/h1-3,6-8,10,14H,4-5,9,11-13H2,(H,21,24). The second kappa shape index (κ2) is 8.41. The van der Waals surface area contributed by atoms with Gasteiger partial charge < -0.3 is 15.0 Å². The molecule has 1 saturated heterocycles. The van der Waals surface area contributed by atoms with E-state index < -0.39 is 5.82 Å². The molecule has 2 aromatic rings. The van der Waals surface area contributed by atoms with Gasteiger partial charge in [0.25, 0.3) is 0 Å². The maximum Gasteiger partial charge on any atom is 0.223 e. The molecule has 132 valence electrons. The largest absolute Gasteiger partial charge is 0.490 e. The number of carbonyl (C=O) groups excluding carboxylic acids is 1. The Bertz CT molecular complexity index is 698. The SMILES string of the molecule is O=C(CCOc1ccccc1F)NC1CCCN(c2cccnn2)C1. The molecule has 0 spiro atoms. The molecule has 7 heteroatoms. The molecule has 0 aliphatic carbocycles. The van der Waals surface area contributed by atoms with Crippen molar-refractivity contribution in [3.05, 3.63) is 48.4 Å². The monoisotopic (exact) mass is 344 g/mol. The Morgan fingerprint density at radius 1 is 1.32 bits per heavy atom. The van der Waals surface area contributed by atoms with Crippen LogP contribution in [0.3, 0.4) is 0 Å². The predicted octanol–water partition coefficient (Wildman–Crippen LogP) is 2.17. The first-order valence-corrected chi connectivity index (χ1v) is 8.42. The molecule has 3 rings (SSSR count). The quantitative estimate of drug-likeness (QED) is 0.870. The number of nitrogens with zero attached hydrogens (tertiary/aromatic N) is 3. The van der Waals surface area contributed by atoms with Crippen molar-refractivity contribution in [2.24, 2.45) is 0 Å². The van der Waals surface area contributed by atoms with Gasteiger partial charge in [0.05, 0.1) is 13.0 Å². The molecule has 1 aromatic heterocycles. The van der Waals surface area contributed by atoms with E-state index in [4.69, 9.17) is 4.74 Å². The number of aromatic nitrogens is 2. The highest BCUT2D eigenvalue weighted by Crippen LogP contribution is 2.17. The number of halogens is 1. The Hall–Kier alpha value is -2.70. The van der Waals surface area contributed by atoms with Gasteiger partial charge in [-0.15, -0.1) is 5.10 Å². The summed E-state index contributed by atoms with van der Waals surface area (Å²) >= 11 is 0. The molecule has 0 radical (unpaired) electrons. The minimum atomic E-state index is -0.421. The molecule has 1 unspecified atom stereocenters. The van der Waals surface area contributed by atoms with Gasteiger partial charge in [0.1, 0.15) is 0 Å². The van der Waals surface area contributed by atoms with Crippen molar-refractivity contribution < 1.29 is 13.9 Å². The van der Waals surface area contributed by atoms with E-state index in [-0.39, 0.29) is 30.7 Å². The fourth-order valence-electron chi connectivity index (χ4n) is 2.88. The van der Waals surface area contributed by atoms with E-state index in [0.29, 0.717) is 6.54 Å². The van der Waals surface area contributed by atoms with Crippen molar-refractivity contribution in [1.82, 2.24) is 15.5 Å². The van der Waals surface area contributed by atoms with Crippen LogP contribution in [0.5, 0.6) is 5.75 Å². The number of anilines is 1. The number of rotatable bonds is 6. The van der Waals surface area contributed by atoms with Crippen LogP contribution in [0.2, 0.25) is 0 Å². The Balaban J connectivity index is 1.44. The third kappa shape index (κ3) is 4.89.